The first-order chi connectivity index (χ1) is 13.0. The molecule has 1 N–H and O–H groups in total. The Balaban J connectivity index is 2.02. The van der Waals surface area contributed by atoms with E-state index in [0.717, 1.165) is 5.56 Å². The Morgan fingerprint density at radius 1 is 1.04 bits per heavy atom. The van der Waals surface area contributed by atoms with Crippen molar-refractivity contribution in [2.24, 2.45) is 0 Å². The van der Waals surface area contributed by atoms with Gasteiger partial charge in [-0.2, -0.15) is 5.26 Å². The lowest BCUT2D eigenvalue weighted by Gasteiger charge is -2.17. The smallest absolute Gasteiger partial charge is 0.261 e. The van der Waals surface area contributed by atoms with Gasteiger partial charge in [0.2, 0.25) is 0 Å². The number of nitrogens with zero attached hydrogens (tertiary/aromatic N) is 1. The predicted molar refractivity (Wildman–Crippen MR) is 99.2 cm³/mol. The summed E-state index contributed by atoms with van der Waals surface area (Å²) in [5.74, 6) is 1.90. The average molecular weight is 370 g/mol. The van der Waals surface area contributed by atoms with Gasteiger partial charge >= 0.3 is 0 Å². The van der Waals surface area contributed by atoms with Crippen LogP contribution in [-0.4, -0.2) is 33.3 Å². The zero-order chi connectivity index (χ0) is 19.8. The highest BCUT2D eigenvalue weighted by Gasteiger charge is 2.17. The van der Waals surface area contributed by atoms with Gasteiger partial charge in [0.15, 0.2) is 17.6 Å². The third kappa shape index (κ3) is 5.05. The molecule has 0 aliphatic rings. The zero-order valence-corrected chi connectivity index (χ0v) is 15.7. The second kappa shape index (κ2) is 9.34. The number of nitriles is 1. The summed E-state index contributed by atoms with van der Waals surface area (Å²) in [6, 6.07) is 12.1. The molecule has 2 rings (SSSR count). The van der Waals surface area contributed by atoms with E-state index in [1.165, 1.54) is 0 Å². The van der Waals surface area contributed by atoms with Gasteiger partial charge in [0.05, 0.1) is 33.0 Å². The fourth-order valence-corrected chi connectivity index (χ4v) is 2.42. The van der Waals surface area contributed by atoms with E-state index >= 15 is 0 Å². The minimum atomic E-state index is -0.705. The molecule has 0 aromatic heterocycles. The molecular formula is C20H22N2O5. The number of methoxy groups -OCH3 is 3. The summed E-state index contributed by atoms with van der Waals surface area (Å²) in [7, 11) is 4.63. The monoisotopic (exact) mass is 370 g/mol. The largest absolute Gasteiger partial charge is 0.496 e. The molecule has 0 aliphatic heterocycles. The van der Waals surface area contributed by atoms with Crippen LogP contribution >= 0.6 is 0 Å². The SMILES string of the molecule is COc1cc(OC)c(OC)cc1CNC(=O)C(C)Oc1ccc(C#N)cc1. The third-order valence-electron chi connectivity index (χ3n) is 3.91. The number of hydrogen-bond donors (Lipinski definition) is 1. The number of nitrogens with one attached hydrogen (secondary N) is 1. The quantitative estimate of drug-likeness (QED) is 0.768. The molecule has 2 aromatic rings. The zero-order valence-electron chi connectivity index (χ0n) is 15.7. The van der Waals surface area contributed by atoms with Gasteiger partial charge in [0.25, 0.3) is 5.91 Å². The summed E-state index contributed by atoms with van der Waals surface area (Å²) in [5, 5.41) is 11.6. The van der Waals surface area contributed by atoms with Crippen molar-refractivity contribution in [1.29, 1.82) is 5.26 Å². The highest BCUT2D eigenvalue weighted by Crippen LogP contribution is 2.34. The van der Waals surface area contributed by atoms with Crippen molar-refractivity contribution in [2.45, 2.75) is 19.6 Å². The third-order valence-corrected chi connectivity index (χ3v) is 3.91. The van der Waals surface area contributed by atoms with E-state index in [2.05, 4.69) is 5.32 Å². The summed E-state index contributed by atoms with van der Waals surface area (Å²) in [6.45, 7) is 1.89. The number of benzene rings is 2. The van der Waals surface area contributed by atoms with Gasteiger partial charge in [-0.1, -0.05) is 0 Å². The second-order valence-electron chi connectivity index (χ2n) is 5.63. The average Bonchev–Trinajstić information content (AvgIpc) is 2.71. The molecule has 142 valence electrons. The van der Waals surface area contributed by atoms with E-state index in [-0.39, 0.29) is 12.5 Å². The maximum atomic E-state index is 12.3. The maximum absolute atomic E-state index is 12.3. The van der Waals surface area contributed by atoms with Crippen molar-refractivity contribution < 1.29 is 23.7 Å². The molecule has 0 heterocycles. The molecule has 0 spiro atoms. The molecule has 1 atom stereocenters. The first kappa shape index (κ1) is 19.9. The fourth-order valence-electron chi connectivity index (χ4n) is 2.42. The molecule has 1 amide bonds. The summed E-state index contributed by atoms with van der Waals surface area (Å²) < 4.78 is 21.5. The van der Waals surface area contributed by atoms with Crippen LogP contribution in [0.15, 0.2) is 36.4 Å². The summed E-state index contributed by atoms with van der Waals surface area (Å²) in [4.78, 5) is 12.3. The van der Waals surface area contributed by atoms with Crippen molar-refractivity contribution in [3.63, 3.8) is 0 Å². The molecule has 0 radical (unpaired) electrons. The summed E-state index contributed by atoms with van der Waals surface area (Å²) >= 11 is 0. The summed E-state index contributed by atoms with van der Waals surface area (Å²) in [6.07, 6.45) is -0.705. The van der Waals surface area contributed by atoms with Crippen LogP contribution in [0.4, 0.5) is 0 Å². The Morgan fingerprint density at radius 3 is 2.19 bits per heavy atom. The Hall–Kier alpha value is -3.40. The highest BCUT2D eigenvalue weighted by molar-refractivity contribution is 5.80. The lowest BCUT2D eigenvalue weighted by atomic mass is 10.1. The van der Waals surface area contributed by atoms with Gasteiger partial charge in [0, 0.05) is 18.2 Å². The van der Waals surface area contributed by atoms with Crippen molar-refractivity contribution in [2.75, 3.05) is 21.3 Å². The van der Waals surface area contributed by atoms with E-state index in [4.69, 9.17) is 24.2 Å². The van der Waals surface area contributed by atoms with Crippen LogP contribution in [0.2, 0.25) is 0 Å². The van der Waals surface area contributed by atoms with E-state index in [1.807, 2.05) is 6.07 Å². The Labute approximate surface area is 158 Å². The number of ether oxygens (including phenoxy) is 4. The van der Waals surface area contributed by atoms with Crippen LogP contribution < -0.4 is 24.3 Å². The number of carbonyl (C=O) groups excluding carboxylic acids is 1. The number of hydrogen-bond acceptors (Lipinski definition) is 6. The van der Waals surface area contributed by atoms with Crippen LogP contribution in [0, 0.1) is 11.3 Å². The first-order valence-corrected chi connectivity index (χ1v) is 8.25. The van der Waals surface area contributed by atoms with Crippen LogP contribution in [0.1, 0.15) is 18.1 Å². The van der Waals surface area contributed by atoms with Crippen molar-refractivity contribution in [3.05, 3.63) is 47.5 Å². The van der Waals surface area contributed by atoms with Crippen LogP contribution in [0.25, 0.3) is 0 Å². The molecule has 7 heteroatoms. The Kier molecular flexibility index (Phi) is 6.89. The van der Waals surface area contributed by atoms with Gasteiger partial charge in [-0.3, -0.25) is 4.79 Å². The van der Waals surface area contributed by atoms with Crippen molar-refractivity contribution in [3.8, 4) is 29.1 Å². The van der Waals surface area contributed by atoms with E-state index < -0.39 is 6.10 Å². The standard InChI is InChI=1S/C20H22N2O5/c1-13(27-16-7-5-14(11-21)6-8-16)20(23)22-12-15-9-18(25-3)19(26-4)10-17(15)24-2/h5-10,13H,12H2,1-4H3,(H,22,23). The highest BCUT2D eigenvalue weighted by atomic mass is 16.5. The van der Waals surface area contributed by atoms with Gasteiger partial charge < -0.3 is 24.3 Å². The van der Waals surface area contributed by atoms with Crippen LogP contribution in [0.3, 0.4) is 0 Å². The minimum Gasteiger partial charge on any atom is -0.496 e. The molecule has 7 nitrogen and oxygen atoms in total. The molecule has 2 aromatic carbocycles. The molecule has 1 unspecified atom stereocenters. The van der Waals surface area contributed by atoms with Crippen LogP contribution in [-0.2, 0) is 11.3 Å². The second-order valence-corrected chi connectivity index (χ2v) is 5.63. The van der Waals surface area contributed by atoms with E-state index in [0.29, 0.717) is 28.6 Å². The van der Waals surface area contributed by atoms with E-state index in [9.17, 15) is 4.79 Å². The molecule has 0 aliphatic carbocycles. The lowest BCUT2D eigenvalue weighted by Crippen LogP contribution is -2.36. The number of amides is 1. The van der Waals surface area contributed by atoms with Gasteiger partial charge in [-0.15, -0.1) is 0 Å². The maximum Gasteiger partial charge on any atom is 0.261 e. The van der Waals surface area contributed by atoms with Gasteiger partial charge in [-0.05, 0) is 37.3 Å². The number of carbonyl (C=O) groups is 1. The lowest BCUT2D eigenvalue weighted by molar-refractivity contribution is -0.127. The minimum absolute atomic E-state index is 0.240. The van der Waals surface area contributed by atoms with Gasteiger partial charge in [0.1, 0.15) is 11.5 Å². The number of rotatable bonds is 8. The molecule has 0 saturated heterocycles. The van der Waals surface area contributed by atoms with Crippen LogP contribution in [0.5, 0.6) is 23.0 Å². The predicted octanol–water partition coefficient (Wildman–Crippen LogP) is 2.67. The Morgan fingerprint density at radius 2 is 1.63 bits per heavy atom. The fraction of sp³-hybridized carbons (Fsp3) is 0.300. The summed E-state index contributed by atoms with van der Waals surface area (Å²) in [5.41, 5.74) is 1.27. The normalized spacial score (nSPS) is 11.1. The topological polar surface area (TPSA) is 89.8 Å². The van der Waals surface area contributed by atoms with Gasteiger partial charge in [-0.25, -0.2) is 0 Å². The molecule has 0 saturated carbocycles. The first-order valence-electron chi connectivity index (χ1n) is 8.25. The molecular weight excluding hydrogens is 348 g/mol. The van der Waals surface area contributed by atoms with Crippen molar-refractivity contribution in [1.82, 2.24) is 5.32 Å². The van der Waals surface area contributed by atoms with Crippen molar-refractivity contribution >= 4 is 5.91 Å². The molecule has 27 heavy (non-hydrogen) atoms. The van der Waals surface area contributed by atoms with E-state index in [1.54, 1.807) is 64.7 Å². The Bertz CT molecular complexity index is 828. The molecule has 0 fully saturated rings. The molecule has 0 bridgehead atoms.